The number of hydrogen-bond donors (Lipinski definition) is 2. The van der Waals surface area contributed by atoms with Crippen LogP contribution in [0.2, 0.25) is 0 Å². The van der Waals surface area contributed by atoms with E-state index in [-0.39, 0.29) is 16.6 Å². The van der Waals surface area contributed by atoms with Crippen molar-refractivity contribution in [3.8, 4) is 0 Å². The molecular weight excluding hydrogens is 282 g/mol. The summed E-state index contributed by atoms with van der Waals surface area (Å²) >= 11 is 0. The number of hydrogen-bond acceptors (Lipinski definition) is 4. The Kier molecular flexibility index (Phi) is 4.14. The maximum atomic E-state index is 12.6. The molecule has 0 bridgehead atoms. The summed E-state index contributed by atoms with van der Waals surface area (Å²) in [6.45, 7) is 1.51. The van der Waals surface area contributed by atoms with Crippen molar-refractivity contribution in [3.05, 3.63) is 11.4 Å². The minimum Gasteiger partial charge on any atom is -0.476 e. The molecule has 8 heteroatoms. The van der Waals surface area contributed by atoms with Gasteiger partial charge in [0.15, 0.2) is 5.69 Å². The van der Waals surface area contributed by atoms with Crippen LogP contribution in [0.25, 0.3) is 0 Å². The molecule has 0 radical (unpaired) electrons. The van der Waals surface area contributed by atoms with Crippen LogP contribution in [-0.4, -0.2) is 47.1 Å². The first-order valence-electron chi connectivity index (χ1n) is 6.62. The van der Waals surface area contributed by atoms with Crippen LogP contribution in [0.3, 0.4) is 0 Å². The molecule has 1 heterocycles. The predicted octanol–water partition coefficient (Wildman–Crippen LogP) is 1.37. The van der Waals surface area contributed by atoms with Gasteiger partial charge in [0, 0.05) is 13.1 Å². The number of aryl methyl sites for hydroxylation is 1. The molecule has 112 valence electrons. The van der Waals surface area contributed by atoms with E-state index in [1.165, 1.54) is 18.3 Å². The fraction of sp³-hybridized carbons (Fsp3) is 0.667. The van der Waals surface area contributed by atoms with Gasteiger partial charge in [0.1, 0.15) is 4.90 Å². The van der Waals surface area contributed by atoms with E-state index in [0.717, 1.165) is 32.1 Å². The van der Waals surface area contributed by atoms with Crippen LogP contribution < -0.4 is 0 Å². The Labute approximate surface area is 118 Å². The normalized spacial score (nSPS) is 17.6. The van der Waals surface area contributed by atoms with Gasteiger partial charge in [-0.05, 0) is 19.8 Å². The number of nitrogens with zero attached hydrogens (tertiary/aromatic N) is 2. The van der Waals surface area contributed by atoms with E-state index in [9.17, 15) is 13.2 Å². The quantitative estimate of drug-likeness (QED) is 0.874. The molecule has 0 aliphatic heterocycles. The van der Waals surface area contributed by atoms with Gasteiger partial charge in [-0.2, -0.15) is 9.40 Å². The van der Waals surface area contributed by atoms with Crippen molar-refractivity contribution in [1.82, 2.24) is 14.5 Å². The van der Waals surface area contributed by atoms with Crippen molar-refractivity contribution < 1.29 is 18.3 Å². The molecule has 1 aromatic rings. The van der Waals surface area contributed by atoms with Crippen LogP contribution in [0, 0.1) is 6.92 Å². The lowest BCUT2D eigenvalue weighted by molar-refractivity contribution is 0.0686. The van der Waals surface area contributed by atoms with E-state index in [4.69, 9.17) is 5.11 Å². The molecule has 1 fully saturated rings. The molecule has 2 rings (SSSR count). The van der Waals surface area contributed by atoms with E-state index in [1.54, 1.807) is 0 Å². The van der Waals surface area contributed by atoms with Crippen LogP contribution in [-0.2, 0) is 10.0 Å². The number of aromatic nitrogens is 2. The lowest BCUT2D eigenvalue weighted by Gasteiger charge is -2.30. The monoisotopic (exact) mass is 301 g/mol. The molecule has 1 aliphatic carbocycles. The van der Waals surface area contributed by atoms with Gasteiger partial charge in [0.2, 0.25) is 10.0 Å². The highest BCUT2D eigenvalue weighted by molar-refractivity contribution is 7.89. The Hall–Kier alpha value is -1.41. The minimum atomic E-state index is -3.84. The molecule has 20 heavy (non-hydrogen) atoms. The van der Waals surface area contributed by atoms with Gasteiger partial charge in [-0.25, -0.2) is 13.2 Å². The summed E-state index contributed by atoms with van der Waals surface area (Å²) in [7, 11) is -2.33. The molecule has 0 spiro atoms. The summed E-state index contributed by atoms with van der Waals surface area (Å²) < 4.78 is 26.6. The third-order valence-corrected chi connectivity index (χ3v) is 5.89. The van der Waals surface area contributed by atoms with Gasteiger partial charge in [0.05, 0.1) is 5.69 Å². The number of carboxylic acid groups (broad SMARTS) is 1. The molecule has 2 N–H and O–H groups in total. The van der Waals surface area contributed by atoms with E-state index < -0.39 is 21.7 Å². The van der Waals surface area contributed by atoms with Gasteiger partial charge in [0.25, 0.3) is 0 Å². The molecule has 1 aromatic heterocycles. The van der Waals surface area contributed by atoms with Crippen molar-refractivity contribution in [2.75, 3.05) is 7.05 Å². The third-order valence-electron chi connectivity index (χ3n) is 3.82. The van der Waals surface area contributed by atoms with Crippen molar-refractivity contribution in [2.24, 2.45) is 0 Å². The predicted molar refractivity (Wildman–Crippen MR) is 72.1 cm³/mol. The lowest BCUT2D eigenvalue weighted by Crippen LogP contribution is -2.38. The first-order valence-corrected chi connectivity index (χ1v) is 8.06. The number of rotatable bonds is 4. The molecular formula is C12H19N3O4S. The van der Waals surface area contributed by atoms with Gasteiger partial charge in [-0.15, -0.1) is 0 Å². The summed E-state index contributed by atoms with van der Waals surface area (Å²) in [6, 6.07) is -0.0651. The standard InChI is InChI=1S/C12H19N3O4S/c1-8-11(10(12(16)17)14-13-8)20(18,19)15(2)9-6-4-3-5-7-9/h9H,3-7H2,1-2H3,(H,13,14)(H,16,17). The average molecular weight is 301 g/mol. The van der Waals surface area contributed by atoms with Crippen molar-refractivity contribution in [3.63, 3.8) is 0 Å². The van der Waals surface area contributed by atoms with Crippen LogP contribution in [0.15, 0.2) is 4.90 Å². The van der Waals surface area contributed by atoms with Crippen molar-refractivity contribution >= 4 is 16.0 Å². The maximum absolute atomic E-state index is 12.6. The number of sulfonamides is 1. The van der Waals surface area contributed by atoms with Gasteiger partial charge >= 0.3 is 5.97 Å². The Morgan fingerprint density at radius 1 is 1.35 bits per heavy atom. The zero-order chi connectivity index (χ0) is 14.9. The summed E-state index contributed by atoms with van der Waals surface area (Å²) in [6.07, 6.45) is 4.75. The lowest BCUT2D eigenvalue weighted by atomic mass is 9.96. The van der Waals surface area contributed by atoms with Gasteiger partial charge in [-0.3, -0.25) is 5.10 Å². The van der Waals surface area contributed by atoms with Crippen LogP contribution in [0.5, 0.6) is 0 Å². The smallest absolute Gasteiger partial charge is 0.357 e. The number of nitrogens with one attached hydrogen (secondary N) is 1. The Bertz CT molecular complexity index is 602. The second-order valence-electron chi connectivity index (χ2n) is 5.14. The van der Waals surface area contributed by atoms with Crippen LogP contribution in [0.1, 0.15) is 48.3 Å². The molecule has 0 aromatic carbocycles. The average Bonchev–Trinajstić information content (AvgIpc) is 2.81. The molecule has 0 atom stereocenters. The van der Waals surface area contributed by atoms with Crippen molar-refractivity contribution in [2.45, 2.75) is 50.0 Å². The van der Waals surface area contributed by atoms with Crippen LogP contribution >= 0.6 is 0 Å². The van der Waals surface area contributed by atoms with E-state index in [0.29, 0.717) is 0 Å². The van der Waals surface area contributed by atoms with Gasteiger partial charge in [-0.1, -0.05) is 19.3 Å². The Morgan fingerprint density at radius 3 is 2.50 bits per heavy atom. The first-order chi connectivity index (χ1) is 9.35. The zero-order valence-electron chi connectivity index (χ0n) is 11.6. The SMILES string of the molecule is Cc1[nH]nc(C(=O)O)c1S(=O)(=O)N(C)C1CCCCC1. The summed E-state index contributed by atoms with van der Waals surface area (Å²) in [5, 5.41) is 15.1. The summed E-state index contributed by atoms with van der Waals surface area (Å²) in [5.74, 6) is -1.34. The molecule has 1 aliphatic rings. The number of aromatic amines is 1. The van der Waals surface area contributed by atoms with Crippen molar-refractivity contribution in [1.29, 1.82) is 0 Å². The topological polar surface area (TPSA) is 103 Å². The number of carbonyl (C=O) groups is 1. The third kappa shape index (κ3) is 2.57. The Balaban J connectivity index is 2.39. The highest BCUT2D eigenvalue weighted by Gasteiger charge is 2.35. The molecule has 7 nitrogen and oxygen atoms in total. The zero-order valence-corrected chi connectivity index (χ0v) is 12.4. The molecule has 0 amide bonds. The second-order valence-corrected chi connectivity index (χ2v) is 7.08. The fourth-order valence-corrected chi connectivity index (χ4v) is 4.37. The fourth-order valence-electron chi connectivity index (χ4n) is 2.66. The maximum Gasteiger partial charge on any atom is 0.357 e. The Morgan fingerprint density at radius 2 is 1.95 bits per heavy atom. The van der Waals surface area contributed by atoms with Gasteiger partial charge < -0.3 is 5.11 Å². The number of H-pyrrole nitrogens is 1. The molecule has 0 saturated heterocycles. The van der Waals surface area contributed by atoms with E-state index in [2.05, 4.69) is 10.2 Å². The first kappa shape index (κ1) is 15.0. The molecule has 0 unspecified atom stereocenters. The summed E-state index contributed by atoms with van der Waals surface area (Å²) in [5.41, 5.74) is -0.185. The summed E-state index contributed by atoms with van der Waals surface area (Å²) in [4.78, 5) is 10.9. The van der Waals surface area contributed by atoms with E-state index >= 15 is 0 Å². The minimum absolute atomic E-state index is 0.0651. The number of carboxylic acids is 1. The highest BCUT2D eigenvalue weighted by Crippen LogP contribution is 2.28. The van der Waals surface area contributed by atoms with E-state index in [1.807, 2.05) is 0 Å². The van der Waals surface area contributed by atoms with Crippen LogP contribution in [0.4, 0.5) is 0 Å². The number of aromatic carboxylic acids is 1. The second kappa shape index (κ2) is 5.53. The highest BCUT2D eigenvalue weighted by atomic mass is 32.2. The molecule has 1 saturated carbocycles. The largest absolute Gasteiger partial charge is 0.476 e.